The molecular weight excluding hydrogens is 254 g/mol. The Bertz CT molecular complexity index is 529. The van der Waals surface area contributed by atoms with Crippen LogP contribution in [0.25, 0.3) is 0 Å². The maximum atomic E-state index is 9.35. The van der Waals surface area contributed by atoms with Crippen LogP contribution in [0, 0.1) is 0 Å². The summed E-state index contributed by atoms with van der Waals surface area (Å²) in [6.45, 7) is 3.08. The predicted octanol–water partition coefficient (Wildman–Crippen LogP) is 2.94. The van der Waals surface area contributed by atoms with Crippen LogP contribution in [0.5, 0.6) is 11.5 Å². The minimum atomic E-state index is -0.0591. The van der Waals surface area contributed by atoms with Gasteiger partial charge >= 0.3 is 0 Å². The minimum absolute atomic E-state index is 0.0591. The van der Waals surface area contributed by atoms with Crippen LogP contribution in [0.3, 0.4) is 0 Å². The van der Waals surface area contributed by atoms with Gasteiger partial charge in [-0.1, -0.05) is 13.0 Å². The highest BCUT2D eigenvalue weighted by molar-refractivity contribution is 5.40. The molecule has 1 N–H and O–H groups in total. The lowest BCUT2D eigenvalue weighted by Crippen LogP contribution is -2.01. The van der Waals surface area contributed by atoms with Crippen molar-refractivity contribution in [3.63, 3.8) is 0 Å². The number of ether oxygens (including phenoxy) is 2. The van der Waals surface area contributed by atoms with Crippen LogP contribution in [0.4, 0.5) is 0 Å². The van der Waals surface area contributed by atoms with Crippen molar-refractivity contribution < 1.29 is 14.6 Å². The molecule has 4 heteroatoms. The standard InChI is InChI=1S/C16H19NO3/c1-2-8-19-15-6-5-14(11-18)16(9-15)20-12-13-4-3-7-17-10-13/h3-7,9-10,18H,2,8,11-12H2,1H3. The van der Waals surface area contributed by atoms with E-state index in [1.165, 1.54) is 0 Å². The Kier molecular flexibility index (Phi) is 5.38. The summed E-state index contributed by atoms with van der Waals surface area (Å²) >= 11 is 0. The molecule has 0 saturated heterocycles. The van der Waals surface area contributed by atoms with E-state index in [0.717, 1.165) is 23.3 Å². The van der Waals surface area contributed by atoms with Crippen molar-refractivity contribution in [2.24, 2.45) is 0 Å². The van der Waals surface area contributed by atoms with Crippen molar-refractivity contribution in [3.05, 3.63) is 53.9 Å². The molecule has 0 aliphatic rings. The van der Waals surface area contributed by atoms with Gasteiger partial charge in [-0.3, -0.25) is 4.98 Å². The number of nitrogens with zero attached hydrogens (tertiary/aromatic N) is 1. The molecule has 0 spiro atoms. The Morgan fingerprint density at radius 1 is 1.20 bits per heavy atom. The van der Waals surface area contributed by atoms with E-state index in [1.807, 2.05) is 30.3 Å². The molecule has 2 rings (SSSR count). The summed E-state index contributed by atoms with van der Waals surface area (Å²) in [7, 11) is 0. The molecule has 0 unspecified atom stereocenters. The first kappa shape index (κ1) is 14.3. The van der Waals surface area contributed by atoms with Crippen molar-refractivity contribution in [1.29, 1.82) is 0 Å². The molecule has 0 amide bonds. The summed E-state index contributed by atoms with van der Waals surface area (Å²) in [6.07, 6.45) is 4.44. The van der Waals surface area contributed by atoms with E-state index in [4.69, 9.17) is 9.47 Å². The maximum absolute atomic E-state index is 9.35. The molecule has 0 saturated carbocycles. The third kappa shape index (κ3) is 3.96. The third-order valence-corrected chi connectivity index (χ3v) is 2.80. The SMILES string of the molecule is CCCOc1ccc(CO)c(OCc2cccnc2)c1. The predicted molar refractivity (Wildman–Crippen MR) is 76.7 cm³/mol. The first-order valence-electron chi connectivity index (χ1n) is 6.71. The van der Waals surface area contributed by atoms with E-state index in [1.54, 1.807) is 12.4 Å². The summed E-state index contributed by atoms with van der Waals surface area (Å²) in [5.74, 6) is 1.40. The number of benzene rings is 1. The van der Waals surface area contributed by atoms with Gasteiger partial charge in [0, 0.05) is 29.6 Å². The highest BCUT2D eigenvalue weighted by Crippen LogP contribution is 2.26. The second kappa shape index (κ2) is 7.50. The van der Waals surface area contributed by atoms with Gasteiger partial charge in [-0.25, -0.2) is 0 Å². The molecule has 0 atom stereocenters. The zero-order chi connectivity index (χ0) is 14.2. The summed E-state index contributed by atoms with van der Waals surface area (Å²) in [5.41, 5.74) is 1.73. The van der Waals surface area contributed by atoms with Crippen molar-refractivity contribution in [2.75, 3.05) is 6.61 Å². The first-order valence-corrected chi connectivity index (χ1v) is 6.71. The van der Waals surface area contributed by atoms with Gasteiger partial charge in [0.1, 0.15) is 18.1 Å². The summed E-state index contributed by atoms with van der Waals surface area (Å²) in [4.78, 5) is 4.04. The number of aromatic nitrogens is 1. The first-order chi connectivity index (χ1) is 9.83. The van der Waals surface area contributed by atoms with Gasteiger partial charge < -0.3 is 14.6 Å². The quantitative estimate of drug-likeness (QED) is 0.842. The van der Waals surface area contributed by atoms with Crippen LogP contribution in [0.15, 0.2) is 42.7 Å². The molecule has 0 radical (unpaired) electrons. The normalized spacial score (nSPS) is 10.3. The van der Waals surface area contributed by atoms with Crippen molar-refractivity contribution in [1.82, 2.24) is 4.98 Å². The van der Waals surface area contributed by atoms with Gasteiger partial charge in [-0.2, -0.15) is 0 Å². The summed E-state index contributed by atoms with van der Waals surface area (Å²) in [6, 6.07) is 9.30. The number of hydrogen-bond acceptors (Lipinski definition) is 4. The fourth-order valence-corrected chi connectivity index (χ4v) is 1.75. The van der Waals surface area contributed by atoms with E-state index in [-0.39, 0.29) is 6.61 Å². The molecule has 0 aliphatic carbocycles. The maximum Gasteiger partial charge on any atom is 0.129 e. The highest BCUT2D eigenvalue weighted by atomic mass is 16.5. The smallest absolute Gasteiger partial charge is 0.129 e. The van der Waals surface area contributed by atoms with E-state index in [0.29, 0.717) is 19.0 Å². The third-order valence-electron chi connectivity index (χ3n) is 2.80. The lowest BCUT2D eigenvalue weighted by Gasteiger charge is -2.12. The highest BCUT2D eigenvalue weighted by Gasteiger charge is 2.06. The molecule has 1 aromatic heterocycles. The zero-order valence-electron chi connectivity index (χ0n) is 11.6. The molecule has 0 bridgehead atoms. The van der Waals surface area contributed by atoms with Crippen molar-refractivity contribution in [2.45, 2.75) is 26.6 Å². The number of pyridine rings is 1. The largest absolute Gasteiger partial charge is 0.493 e. The van der Waals surface area contributed by atoms with Crippen LogP contribution >= 0.6 is 0 Å². The molecule has 0 aliphatic heterocycles. The second-order valence-electron chi connectivity index (χ2n) is 4.43. The van der Waals surface area contributed by atoms with E-state index in [2.05, 4.69) is 11.9 Å². The van der Waals surface area contributed by atoms with Gasteiger partial charge in [-0.05, 0) is 24.6 Å². The van der Waals surface area contributed by atoms with Crippen LogP contribution in [0.2, 0.25) is 0 Å². The fraction of sp³-hybridized carbons (Fsp3) is 0.312. The average molecular weight is 273 g/mol. The Morgan fingerprint density at radius 2 is 2.10 bits per heavy atom. The number of aliphatic hydroxyl groups excluding tert-OH is 1. The Balaban J connectivity index is 2.07. The summed E-state index contributed by atoms with van der Waals surface area (Å²) in [5, 5.41) is 9.35. The Morgan fingerprint density at radius 3 is 2.80 bits per heavy atom. The molecule has 4 nitrogen and oxygen atoms in total. The van der Waals surface area contributed by atoms with Gasteiger partial charge in [0.25, 0.3) is 0 Å². The lowest BCUT2D eigenvalue weighted by atomic mass is 10.2. The number of aliphatic hydroxyl groups is 1. The lowest BCUT2D eigenvalue weighted by molar-refractivity contribution is 0.256. The molecule has 20 heavy (non-hydrogen) atoms. The van der Waals surface area contributed by atoms with E-state index < -0.39 is 0 Å². The van der Waals surface area contributed by atoms with Crippen LogP contribution in [0.1, 0.15) is 24.5 Å². The molecule has 0 fully saturated rings. The molecule has 1 aromatic carbocycles. The molecular formula is C16H19NO3. The van der Waals surface area contributed by atoms with Gasteiger partial charge in [0.15, 0.2) is 0 Å². The average Bonchev–Trinajstić information content (AvgIpc) is 2.52. The van der Waals surface area contributed by atoms with Crippen LogP contribution in [-0.2, 0) is 13.2 Å². The van der Waals surface area contributed by atoms with E-state index in [9.17, 15) is 5.11 Å². The second-order valence-corrected chi connectivity index (χ2v) is 4.43. The molecule has 2 aromatic rings. The summed E-state index contributed by atoms with van der Waals surface area (Å²) < 4.78 is 11.3. The van der Waals surface area contributed by atoms with Crippen molar-refractivity contribution >= 4 is 0 Å². The van der Waals surface area contributed by atoms with Gasteiger partial charge in [0.05, 0.1) is 13.2 Å². The van der Waals surface area contributed by atoms with Crippen molar-refractivity contribution in [3.8, 4) is 11.5 Å². The minimum Gasteiger partial charge on any atom is -0.493 e. The number of rotatable bonds is 7. The van der Waals surface area contributed by atoms with E-state index >= 15 is 0 Å². The van der Waals surface area contributed by atoms with Gasteiger partial charge in [-0.15, -0.1) is 0 Å². The van der Waals surface area contributed by atoms with Crippen LogP contribution < -0.4 is 9.47 Å². The zero-order valence-corrected chi connectivity index (χ0v) is 11.6. The topological polar surface area (TPSA) is 51.6 Å². The monoisotopic (exact) mass is 273 g/mol. The Labute approximate surface area is 119 Å². The molecule has 1 heterocycles. The number of hydrogen-bond donors (Lipinski definition) is 1. The Hall–Kier alpha value is -2.07. The molecule has 106 valence electrons. The van der Waals surface area contributed by atoms with Gasteiger partial charge in [0.2, 0.25) is 0 Å². The fourth-order valence-electron chi connectivity index (χ4n) is 1.75. The van der Waals surface area contributed by atoms with Crippen LogP contribution in [-0.4, -0.2) is 16.7 Å².